The fourth-order valence-corrected chi connectivity index (χ4v) is 2.61. The zero-order valence-electron chi connectivity index (χ0n) is 11.0. The van der Waals surface area contributed by atoms with Gasteiger partial charge in [-0.15, -0.1) is 0 Å². The van der Waals surface area contributed by atoms with Gasteiger partial charge in [0.05, 0.1) is 5.60 Å². The van der Waals surface area contributed by atoms with Crippen molar-refractivity contribution >= 4 is 15.9 Å². The molecule has 20 heavy (non-hydrogen) atoms. The summed E-state index contributed by atoms with van der Waals surface area (Å²) in [5, 5.41) is 10.4. The van der Waals surface area contributed by atoms with E-state index in [9.17, 15) is 13.9 Å². The summed E-state index contributed by atoms with van der Waals surface area (Å²) < 4.78 is 28.1. The zero-order chi connectivity index (χ0) is 14.8. The lowest BCUT2D eigenvalue weighted by molar-refractivity contribution is 0.0590. The maximum Gasteiger partial charge on any atom is 0.126 e. The van der Waals surface area contributed by atoms with Crippen LogP contribution in [0.4, 0.5) is 8.78 Å². The first-order valence-electron chi connectivity index (χ1n) is 6.27. The van der Waals surface area contributed by atoms with E-state index < -0.39 is 5.60 Å². The Bertz CT molecular complexity index is 611. The fourth-order valence-electron chi connectivity index (χ4n) is 2.20. The first kappa shape index (κ1) is 15.1. The Labute approximate surface area is 125 Å². The summed E-state index contributed by atoms with van der Waals surface area (Å²) >= 11 is 3.27. The highest BCUT2D eigenvalue weighted by molar-refractivity contribution is 9.10. The van der Waals surface area contributed by atoms with Gasteiger partial charge < -0.3 is 5.11 Å². The fraction of sp³-hybridized carbons (Fsp3) is 0.250. The van der Waals surface area contributed by atoms with Gasteiger partial charge in [-0.25, -0.2) is 8.78 Å². The second-order valence-electron chi connectivity index (χ2n) is 5.18. The van der Waals surface area contributed by atoms with E-state index in [1.807, 2.05) is 0 Å². The van der Waals surface area contributed by atoms with Crippen molar-refractivity contribution in [2.45, 2.75) is 25.4 Å². The predicted molar refractivity (Wildman–Crippen MR) is 78.5 cm³/mol. The average molecular weight is 341 g/mol. The van der Waals surface area contributed by atoms with Crippen LogP contribution in [0.5, 0.6) is 0 Å². The van der Waals surface area contributed by atoms with Crippen molar-refractivity contribution < 1.29 is 13.9 Å². The van der Waals surface area contributed by atoms with E-state index in [0.717, 1.165) is 4.47 Å². The molecule has 1 N–H and O–H groups in total. The third-order valence-corrected chi connectivity index (χ3v) is 3.60. The predicted octanol–water partition coefficient (Wildman–Crippen LogP) is 4.26. The summed E-state index contributed by atoms with van der Waals surface area (Å²) in [6, 6.07) is 10.9. The highest BCUT2D eigenvalue weighted by Crippen LogP contribution is 2.24. The lowest BCUT2D eigenvalue weighted by atomic mass is 9.89. The number of hydrogen-bond acceptors (Lipinski definition) is 1. The van der Waals surface area contributed by atoms with Crippen LogP contribution in [-0.2, 0) is 12.8 Å². The summed E-state index contributed by atoms with van der Waals surface area (Å²) in [4.78, 5) is 0. The molecule has 0 aliphatic heterocycles. The number of rotatable bonds is 4. The Kier molecular flexibility index (Phi) is 4.55. The molecule has 0 aliphatic carbocycles. The third kappa shape index (κ3) is 3.87. The standard InChI is InChI=1S/C16H15BrF2O/c1-16(20,9-11-4-2-3-5-14(11)18)10-12-8-13(17)6-7-15(12)19/h2-8,20H,9-10H2,1H3. The molecule has 0 saturated carbocycles. The molecule has 1 unspecified atom stereocenters. The lowest BCUT2D eigenvalue weighted by Crippen LogP contribution is -2.31. The normalized spacial score (nSPS) is 14.1. The van der Waals surface area contributed by atoms with E-state index in [1.165, 1.54) is 12.1 Å². The van der Waals surface area contributed by atoms with Crippen molar-refractivity contribution in [3.8, 4) is 0 Å². The van der Waals surface area contributed by atoms with Crippen molar-refractivity contribution in [1.82, 2.24) is 0 Å². The first-order chi connectivity index (χ1) is 9.37. The highest BCUT2D eigenvalue weighted by atomic mass is 79.9. The van der Waals surface area contributed by atoms with Gasteiger partial charge in [-0.1, -0.05) is 34.1 Å². The van der Waals surface area contributed by atoms with Gasteiger partial charge in [0.25, 0.3) is 0 Å². The number of benzene rings is 2. The van der Waals surface area contributed by atoms with Crippen LogP contribution in [0, 0.1) is 11.6 Å². The monoisotopic (exact) mass is 340 g/mol. The quantitative estimate of drug-likeness (QED) is 0.881. The molecule has 2 aromatic rings. The van der Waals surface area contributed by atoms with Crippen LogP contribution in [0.1, 0.15) is 18.1 Å². The van der Waals surface area contributed by atoms with Gasteiger partial charge in [0, 0.05) is 17.3 Å². The number of hydrogen-bond donors (Lipinski definition) is 1. The Morgan fingerprint density at radius 1 is 1.00 bits per heavy atom. The van der Waals surface area contributed by atoms with E-state index in [2.05, 4.69) is 15.9 Å². The van der Waals surface area contributed by atoms with Crippen LogP contribution in [0.3, 0.4) is 0 Å². The number of aliphatic hydroxyl groups is 1. The van der Waals surface area contributed by atoms with E-state index in [-0.39, 0.29) is 24.5 Å². The van der Waals surface area contributed by atoms with Crippen molar-refractivity contribution in [1.29, 1.82) is 0 Å². The van der Waals surface area contributed by atoms with E-state index in [1.54, 1.807) is 37.3 Å². The molecule has 2 aromatic carbocycles. The SMILES string of the molecule is CC(O)(Cc1ccccc1F)Cc1cc(Br)ccc1F. The molecule has 1 nitrogen and oxygen atoms in total. The minimum Gasteiger partial charge on any atom is -0.389 e. The molecule has 2 rings (SSSR count). The van der Waals surface area contributed by atoms with Gasteiger partial charge in [0.15, 0.2) is 0 Å². The van der Waals surface area contributed by atoms with Crippen LogP contribution >= 0.6 is 15.9 Å². The van der Waals surface area contributed by atoms with E-state index >= 15 is 0 Å². The molecule has 0 saturated heterocycles. The van der Waals surface area contributed by atoms with Crippen LogP contribution < -0.4 is 0 Å². The largest absolute Gasteiger partial charge is 0.389 e. The van der Waals surface area contributed by atoms with Crippen LogP contribution in [0.2, 0.25) is 0 Å². The third-order valence-electron chi connectivity index (χ3n) is 3.11. The summed E-state index contributed by atoms with van der Waals surface area (Å²) in [5.74, 6) is -0.732. The molecular formula is C16H15BrF2O. The Hall–Kier alpha value is -1.26. The maximum absolute atomic E-state index is 13.7. The molecule has 0 aliphatic rings. The van der Waals surface area contributed by atoms with E-state index in [0.29, 0.717) is 11.1 Å². The second-order valence-corrected chi connectivity index (χ2v) is 6.09. The van der Waals surface area contributed by atoms with Gasteiger partial charge in [-0.3, -0.25) is 0 Å². The molecule has 106 valence electrons. The van der Waals surface area contributed by atoms with Gasteiger partial charge >= 0.3 is 0 Å². The maximum atomic E-state index is 13.7. The van der Waals surface area contributed by atoms with Crippen LogP contribution in [-0.4, -0.2) is 10.7 Å². The van der Waals surface area contributed by atoms with Gasteiger partial charge in [0.1, 0.15) is 11.6 Å². The van der Waals surface area contributed by atoms with Gasteiger partial charge in [-0.05, 0) is 42.3 Å². The van der Waals surface area contributed by atoms with Gasteiger partial charge in [-0.2, -0.15) is 0 Å². The smallest absolute Gasteiger partial charge is 0.126 e. The van der Waals surface area contributed by atoms with Crippen molar-refractivity contribution in [2.24, 2.45) is 0 Å². The van der Waals surface area contributed by atoms with Crippen molar-refractivity contribution in [3.63, 3.8) is 0 Å². The van der Waals surface area contributed by atoms with Crippen molar-refractivity contribution in [3.05, 3.63) is 69.7 Å². The molecule has 0 aromatic heterocycles. The molecule has 0 amide bonds. The molecule has 0 bridgehead atoms. The Morgan fingerprint density at radius 2 is 1.60 bits per heavy atom. The van der Waals surface area contributed by atoms with Crippen molar-refractivity contribution in [2.75, 3.05) is 0 Å². The molecule has 0 spiro atoms. The van der Waals surface area contributed by atoms with E-state index in [4.69, 9.17) is 0 Å². The molecule has 0 heterocycles. The second kappa shape index (κ2) is 6.02. The minimum absolute atomic E-state index is 0.118. The van der Waals surface area contributed by atoms with Gasteiger partial charge in [0.2, 0.25) is 0 Å². The number of halogens is 3. The Morgan fingerprint density at radius 3 is 2.30 bits per heavy atom. The topological polar surface area (TPSA) is 20.2 Å². The average Bonchev–Trinajstić information content (AvgIpc) is 2.36. The molecule has 0 radical (unpaired) electrons. The summed E-state index contributed by atoms with van der Waals surface area (Å²) in [7, 11) is 0. The zero-order valence-corrected chi connectivity index (χ0v) is 12.6. The van der Waals surface area contributed by atoms with Crippen LogP contribution in [0.15, 0.2) is 46.9 Å². The first-order valence-corrected chi connectivity index (χ1v) is 7.06. The molecular weight excluding hydrogens is 326 g/mol. The van der Waals surface area contributed by atoms with Crippen LogP contribution in [0.25, 0.3) is 0 Å². The lowest BCUT2D eigenvalue weighted by Gasteiger charge is -2.24. The Balaban J connectivity index is 2.19. The highest BCUT2D eigenvalue weighted by Gasteiger charge is 2.24. The molecule has 1 atom stereocenters. The molecule has 4 heteroatoms. The minimum atomic E-state index is -1.22. The molecule has 0 fully saturated rings. The summed E-state index contributed by atoms with van der Waals surface area (Å²) in [6.07, 6.45) is 0.248. The summed E-state index contributed by atoms with van der Waals surface area (Å²) in [5.41, 5.74) is -0.391. The summed E-state index contributed by atoms with van der Waals surface area (Å²) in [6.45, 7) is 1.58.